The van der Waals surface area contributed by atoms with Gasteiger partial charge in [-0.25, -0.2) is 8.42 Å². The molecule has 1 amide bonds. The number of nitrogens with zero attached hydrogens (tertiary/aromatic N) is 1. The van der Waals surface area contributed by atoms with Crippen molar-refractivity contribution in [1.29, 1.82) is 0 Å². The topological polar surface area (TPSA) is 84.9 Å². The Morgan fingerprint density at radius 1 is 1.17 bits per heavy atom. The fraction of sp³-hybridized carbons (Fsp3) is 0.533. The molecule has 1 N–H and O–H groups in total. The number of rotatable bonds is 6. The Kier molecular flexibility index (Phi) is 6.01. The van der Waals surface area contributed by atoms with Gasteiger partial charge in [-0.3, -0.25) is 4.79 Å². The van der Waals surface area contributed by atoms with E-state index in [0.717, 1.165) is 4.31 Å². The molecule has 0 fully saturated rings. The Hall–Kier alpha value is -1.80. The lowest BCUT2D eigenvalue weighted by molar-refractivity contribution is -0.122. The van der Waals surface area contributed by atoms with E-state index in [1.54, 1.807) is 0 Å². The number of sulfonamides is 1. The number of hydrogen-bond acceptors (Lipinski definition) is 5. The quantitative estimate of drug-likeness (QED) is 0.839. The Morgan fingerprint density at radius 3 is 2.22 bits per heavy atom. The number of carbonyl (C=O) groups is 1. The van der Waals surface area contributed by atoms with Gasteiger partial charge in [-0.1, -0.05) is 0 Å². The monoisotopic (exact) mass is 344 g/mol. The highest BCUT2D eigenvalue weighted by molar-refractivity contribution is 7.89. The van der Waals surface area contributed by atoms with Gasteiger partial charge < -0.3 is 14.8 Å². The van der Waals surface area contributed by atoms with Gasteiger partial charge in [0, 0.05) is 18.7 Å². The van der Waals surface area contributed by atoms with Crippen molar-refractivity contribution in [3.8, 4) is 11.5 Å². The number of methoxy groups -OCH3 is 2. The maximum Gasteiger partial charge on any atom is 0.243 e. The van der Waals surface area contributed by atoms with Crippen molar-refractivity contribution >= 4 is 15.9 Å². The van der Waals surface area contributed by atoms with E-state index >= 15 is 0 Å². The summed E-state index contributed by atoms with van der Waals surface area (Å²) >= 11 is 0. The minimum absolute atomic E-state index is 0.0289. The van der Waals surface area contributed by atoms with Crippen molar-refractivity contribution in [1.82, 2.24) is 9.62 Å². The lowest BCUT2D eigenvalue weighted by Crippen LogP contribution is -2.46. The number of ether oxygens (including phenoxy) is 2. The van der Waals surface area contributed by atoms with Gasteiger partial charge in [-0.2, -0.15) is 4.31 Å². The molecule has 0 bridgehead atoms. The van der Waals surface area contributed by atoms with E-state index < -0.39 is 15.6 Å². The van der Waals surface area contributed by atoms with E-state index in [9.17, 15) is 13.2 Å². The fourth-order valence-corrected chi connectivity index (χ4v) is 3.05. The predicted molar refractivity (Wildman–Crippen MR) is 87.3 cm³/mol. The molecule has 0 aromatic heterocycles. The summed E-state index contributed by atoms with van der Waals surface area (Å²) in [4.78, 5) is 11.9. The molecule has 0 saturated carbocycles. The summed E-state index contributed by atoms with van der Waals surface area (Å²) < 4.78 is 36.3. The van der Waals surface area contributed by atoms with Crippen LogP contribution in [-0.4, -0.2) is 52.0 Å². The molecule has 1 aromatic carbocycles. The Labute approximate surface area is 137 Å². The van der Waals surface area contributed by atoms with Gasteiger partial charge in [0.2, 0.25) is 15.9 Å². The zero-order valence-corrected chi connectivity index (χ0v) is 15.2. The third kappa shape index (κ3) is 5.11. The number of likely N-dealkylation sites (N-methyl/N-ethyl adjacent to an activating group) is 1. The van der Waals surface area contributed by atoms with Crippen LogP contribution in [0.1, 0.15) is 20.8 Å². The number of nitrogens with one attached hydrogen (secondary N) is 1. The second-order valence-corrected chi connectivity index (χ2v) is 8.12. The van der Waals surface area contributed by atoms with Crippen LogP contribution in [0.4, 0.5) is 0 Å². The van der Waals surface area contributed by atoms with Crippen molar-refractivity contribution in [3.63, 3.8) is 0 Å². The lowest BCUT2D eigenvalue weighted by Gasteiger charge is -2.23. The molecule has 0 unspecified atom stereocenters. The second-order valence-electron chi connectivity index (χ2n) is 6.08. The first-order chi connectivity index (χ1) is 10.5. The molecule has 0 radical (unpaired) electrons. The normalized spacial score (nSPS) is 12.1. The average molecular weight is 344 g/mol. The standard InChI is InChI=1S/C15H24N2O5S/c1-15(2,3)16-14(18)10-17(4)23(19,20)11-7-8-12(21-5)13(9-11)22-6/h7-9H,10H2,1-6H3,(H,16,18). The summed E-state index contributed by atoms with van der Waals surface area (Å²) in [5, 5.41) is 2.72. The summed E-state index contributed by atoms with van der Waals surface area (Å²) in [6.07, 6.45) is 0. The molecular weight excluding hydrogens is 320 g/mol. The summed E-state index contributed by atoms with van der Waals surface area (Å²) in [5.41, 5.74) is -0.426. The molecule has 7 nitrogen and oxygen atoms in total. The van der Waals surface area contributed by atoms with E-state index in [1.807, 2.05) is 20.8 Å². The Morgan fingerprint density at radius 2 is 1.74 bits per heavy atom. The highest BCUT2D eigenvalue weighted by atomic mass is 32.2. The Bertz CT molecular complexity index is 665. The van der Waals surface area contributed by atoms with Crippen molar-refractivity contribution in [2.24, 2.45) is 0 Å². The molecule has 23 heavy (non-hydrogen) atoms. The summed E-state index contributed by atoms with van der Waals surface area (Å²) in [7, 11) is 0.438. The first-order valence-corrected chi connectivity index (χ1v) is 8.44. The number of benzene rings is 1. The minimum Gasteiger partial charge on any atom is -0.493 e. The molecule has 0 saturated heterocycles. The van der Waals surface area contributed by atoms with Gasteiger partial charge in [0.25, 0.3) is 0 Å². The van der Waals surface area contributed by atoms with Crippen molar-refractivity contribution in [2.45, 2.75) is 31.2 Å². The average Bonchev–Trinajstić information content (AvgIpc) is 2.44. The number of carbonyl (C=O) groups excluding carboxylic acids is 1. The van der Waals surface area contributed by atoms with Gasteiger partial charge in [-0.05, 0) is 32.9 Å². The van der Waals surface area contributed by atoms with Gasteiger partial charge in [-0.15, -0.1) is 0 Å². The van der Waals surface area contributed by atoms with Crippen LogP contribution in [0.15, 0.2) is 23.1 Å². The van der Waals surface area contributed by atoms with Crippen LogP contribution in [-0.2, 0) is 14.8 Å². The van der Waals surface area contributed by atoms with Crippen LogP contribution >= 0.6 is 0 Å². The summed E-state index contributed by atoms with van der Waals surface area (Å²) in [5.74, 6) is 0.366. The van der Waals surface area contributed by atoms with Crippen LogP contribution in [0.25, 0.3) is 0 Å². The van der Waals surface area contributed by atoms with Gasteiger partial charge in [0.1, 0.15) is 0 Å². The molecule has 0 heterocycles. The van der Waals surface area contributed by atoms with Crippen molar-refractivity contribution in [2.75, 3.05) is 27.8 Å². The fourth-order valence-electron chi connectivity index (χ4n) is 1.90. The zero-order valence-electron chi connectivity index (χ0n) is 14.3. The van der Waals surface area contributed by atoms with Gasteiger partial charge in [0.15, 0.2) is 11.5 Å². The maximum absolute atomic E-state index is 12.6. The highest BCUT2D eigenvalue weighted by Crippen LogP contribution is 2.30. The van der Waals surface area contributed by atoms with Gasteiger partial charge in [0.05, 0.1) is 25.7 Å². The Balaban J connectivity index is 3.00. The largest absolute Gasteiger partial charge is 0.493 e. The first kappa shape index (κ1) is 19.2. The van der Waals surface area contributed by atoms with E-state index in [1.165, 1.54) is 39.5 Å². The molecule has 0 atom stereocenters. The molecule has 0 aliphatic heterocycles. The van der Waals surface area contributed by atoms with Crippen molar-refractivity contribution in [3.05, 3.63) is 18.2 Å². The summed E-state index contributed by atoms with van der Waals surface area (Å²) in [6, 6.07) is 4.29. The molecule has 130 valence electrons. The zero-order chi connectivity index (χ0) is 17.8. The van der Waals surface area contributed by atoms with Gasteiger partial charge >= 0.3 is 0 Å². The second kappa shape index (κ2) is 7.18. The molecule has 1 rings (SSSR count). The van der Waals surface area contributed by atoms with E-state index in [4.69, 9.17) is 9.47 Å². The summed E-state index contributed by atoms with van der Waals surface area (Å²) in [6.45, 7) is 5.21. The maximum atomic E-state index is 12.6. The predicted octanol–water partition coefficient (Wildman–Crippen LogP) is 1.24. The lowest BCUT2D eigenvalue weighted by atomic mass is 10.1. The molecular formula is C15H24N2O5S. The molecule has 0 aliphatic carbocycles. The molecule has 1 aromatic rings. The number of amides is 1. The van der Waals surface area contributed by atoms with Crippen LogP contribution in [0.3, 0.4) is 0 Å². The molecule has 0 aliphatic rings. The third-order valence-electron chi connectivity index (χ3n) is 2.94. The molecule has 8 heteroatoms. The van der Waals surface area contributed by atoms with E-state index in [-0.39, 0.29) is 17.3 Å². The SMILES string of the molecule is COc1ccc(S(=O)(=O)N(C)CC(=O)NC(C)(C)C)cc1OC. The molecule has 0 spiro atoms. The highest BCUT2D eigenvalue weighted by Gasteiger charge is 2.25. The van der Waals surface area contributed by atoms with Crippen LogP contribution in [0, 0.1) is 0 Å². The number of hydrogen-bond donors (Lipinski definition) is 1. The van der Waals surface area contributed by atoms with Crippen LogP contribution in [0.2, 0.25) is 0 Å². The first-order valence-electron chi connectivity index (χ1n) is 7.00. The van der Waals surface area contributed by atoms with Crippen LogP contribution in [0.5, 0.6) is 11.5 Å². The smallest absolute Gasteiger partial charge is 0.243 e. The van der Waals surface area contributed by atoms with Crippen LogP contribution < -0.4 is 14.8 Å². The van der Waals surface area contributed by atoms with E-state index in [0.29, 0.717) is 11.5 Å². The van der Waals surface area contributed by atoms with Crippen molar-refractivity contribution < 1.29 is 22.7 Å². The third-order valence-corrected chi connectivity index (χ3v) is 4.74. The minimum atomic E-state index is -3.81. The van der Waals surface area contributed by atoms with E-state index in [2.05, 4.69) is 5.32 Å².